The predicted molar refractivity (Wildman–Crippen MR) is 72.0 cm³/mol. The first-order valence-corrected chi connectivity index (χ1v) is 6.42. The molecule has 0 aromatic carbocycles. The minimum Gasteiger partial charge on any atom is -0.358 e. The number of nitrogens with one attached hydrogen (secondary N) is 1. The lowest BCUT2D eigenvalue weighted by atomic mass is 10.2. The number of pyridine rings is 1. The minimum atomic E-state index is -0.414. The number of hydrogen-bond donors (Lipinski definition) is 1. The number of hydrogen-bond acceptors (Lipinski definition) is 5. The lowest BCUT2D eigenvalue weighted by Gasteiger charge is -2.13. The molecule has 2 heterocycles. The molecule has 0 amide bonds. The first-order valence-electron chi connectivity index (χ1n) is 5.47. The molecule has 5 nitrogen and oxygen atoms in total. The summed E-state index contributed by atoms with van der Waals surface area (Å²) in [5.41, 5.74) is 1.88. The Morgan fingerprint density at radius 1 is 1.56 bits per heavy atom. The molecular formula is C12H13N3O2S. The Hall–Kier alpha value is -1.95. The van der Waals surface area contributed by atoms with Gasteiger partial charge in [0.1, 0.15) is 0 Å². The minimum absolute atomic E-state index is 0.00911. The van der Waals surface area contributed by atoms with E-state index >= 15 is 0 Å². The maximum atomic E-state index is 11.0. The normalized spacial score (nSPS) is 12.1. The topological polar surface area (TPSA) is 68.1 Å². The zero-order valence-corrected chi connectivity index (χ0v) is 10.9. The van der Waals surface area contributed by atoms with Crippen LogP contribution in [-0.4, -0.2) is 9.91 Å². The first-order chi connectivity index (χ1) is 8.58. The lowest BCUT2D eigenvalue weighted by Crippen LogP contribution is -2.09. The molecule has 18 heavy (non-hydrogen) atoms. The summed E-state index contributed by atoms with van der Waals surface area (Å²) in [6, 6.07) is 3.50. The number of rotatable bonds is 4. The second-order valence-electron chi connectivity index (χ2n) is 4.06. The van der Waals surface area contributed by atoms with Crippen LogP contribution < -0.4 is 5.32 Å². The summed E-state index contributed by atoms with van der Waals surface area (Å²) < 4.78 is 0. The second-order valence-corrected chi connectivity index (χ2v) is 4.84. The van der Waals surface area contributed by atoms with Crippen LogP contribution in [0.1, 0.15) is 24.1 Å². The van der Waals surface area contributed by atoms with Crippen molar-refractivity contribution in [3.8, 4) is 0 Å². The van der Waals surface area contributed by atoms with Crippen LogP contribution in [0.15, 0.2) is 29.1 Å². The molecule has 0 saturated carbocycles. The zero-order valence-electron chi connectivity index (χ0n) is 10.1. The molecule has 0 spiro atoms. The third-order valence-electron chi connectivity index (χ3n) is 2.60. The molecular weight excluding hydrogens is 250 g/mol. The van der Waals surface area contributed by atoms with Gasteiger partial charge in [-0.2, -0.15) is 11.3 Å². The van der Waals surface area contributed by atoms with Gasteiger partial charge in [0.2, 0.25) is 5.82 Å². The molecule has 1 unspecified atom stereocenters. The van der Waals surface area contributed by atoms with Gasteiger partial charge in [-0.15, -0.1) is 0 Å². The number of nitro groups is 1. The second kappa shape index (κ2) is 5.14. The maximum Gasteiger partial charge on any atom is 0.311 e. The summed E-state index contributed by atoms with van der Waals surface area (Å²) in [6.07, 6.45) is 1.62. The van der Waals surface area contributed by atoms with Gasteiger partial charge in [0.15, 0.2) is 0 Å². The van der Waals surface area contributed by atoms with E-state index in [0.717, 1.165) is 11.1 Å². The lowest BCUT2D eigenvalue weighted by molar-refractivity contribution is -0.384. The van der Waals surface area contributed by atoms with Crippen LogP contribution >= 0.6 is 11.3 Å². The standard InChI is InChI=1S/C12H13N3O2S/c1-8-5-11(15(16)17)12(13-6-8)14-9(2)10-3-4-18-7-10/h3-7,9H,1-2H3,(H,13,14). The van der Waals surface area contributed by atoms with Gasteiger partial charge >= 0.3 is 5.69 Å². The highest BCUT2D eigenvalue weighted by atomic mass is 32.1. The number of aromatic nitrogens is 1. The van der Waals surface area contributed by atoms with Crippen LogP contribution in [0, 0.1) is 17.0 Å². The first kappa shape index (κ1) is 12.5. The highest BCUT2D eigenvalue weighted by Crippen LogP contribution is 2.27. The van der Waals surface area contributed by atoms with Crippen LogP contribution in [-0.2, 0) is 0 Å². The molecule has 1 N–H and O–H groups in total. The predicted octanol–water partition coefficient (Wildman–Crippen LogP) is 3.53. The van der Waals surface area contributed by atoms with Gasteiger partial charge in [-0.3, -0.25) is 10.1 Å². The Bertz CT molecular complexity index is 554. The van der Waals surface area contributed by atoms with Gasteiger partial charge in [-0.1, -0.05) is 0 Å². The Labute approximate surface area is 109 Å². The molecule has 0 fully saturated rings. The number of anilines is 1. The van der Waals surface area contributed by atoms with Crippen LogP contribution in [0.25, 0.3) is 0 Å². The Kier molecular flexibility index (Phi) is 3.57. The van der Waals surface area contributed by atoms with Crippen molar-refractivity contribution in [1.29, 1.82) is 0 Å². The van der Waals surface area contributed by atoms with E-state index in [9.17, 15) is 10.1 Å². The van der Waals surface area contributed by atoms with Crippen molar-refractivity contribution < 1.29 is 4.92 Å². The van der Waals surface area contributed by atoms with Gasteiger partial charge in [0, 0.05) is 12.3 Å². The van der Waals surface area contributed by atoms with Crippen molar-refractivity contribution in [3.63, 3.8) is 0 Å². The Balaban J connectivity index is 2.26. The fourth-order valence-electron chi connectivity index (χ4n) is 1.61. The van der Waals surface area contributed by atoms with Crippen LogP contribution in [0.2, 0.25) is 0 Å². The van der Waals surface area contributed by atoms with E-state index in [4.69, 9.17) is 0 Å². The molecule has 1 atom stereocenters. The molecule has 0 bridgehead atoms. The van der Waals surface area contributed by atoms with Crippen LogP contribution in [0.3, 0.4) is 0 Å². The molecule has 2 aromatic heterocycles. The van der Waals surface area contributed by atoms with Crippen molar-refractivity contribution in [2.45, 2.75) is 19.9 Å². The summed E-state index contributed by atoms with van der Waals surface area (Å²) in [4.78, 5) is 14.7. The Morgan fingerprint density at radius 3 is 2.94 bits per heavy atom. The van der Waals surface area contributed by atoms with Crippen molar-refractivity contribution in [3.05, 3.63) is 50.3 Å². The molecule has 0 aliphatic carbocycles. The van der Waals surface area contributed by atoms with E-state index in [0.29, 0.717) is 5.82 Å². The van der Waals surface area contributed by atoms with Crippen molar-refractivity contribution in [2.24, 2.45) is 0 Å². The molecule has 2 rings (SSSR count). The summed E-state index contributed by atoms with van der Waals surface area (Å²) in [5, 5.41) is 18.0. The highest BCUT2D eigenvalue weighted by Gasteiger charge is 2.17. The quantitative estimate of drug-likeness (QED) is 0.676. The molecule has 0 aliphatic heterocycles. The SMILES string of the molecule is Cc1cnc(NC(C)c2ccsc2)c([N+](=O)[O-])c1. The Morgan fingerprint density at radius 2 is 2.33 bits per heavy atom. The van der Waals surface area contributed by atoms with E-state index < -0.39 is 4.92 Å². The fraction of sp³-hybridized carbons (Fsp3) is 0.250. The van der Waals surface area contributed by atoms with Crippen LogP contribution in [0.4, 0.5) is 11.5 Å². The number of nitrogens with zero attached hydrogens (tertiary/aromatic N) is 2. The van der Waals surface area contributed by atoms with E-state index in [1.807, 2.05) is 23.8 Å². The average molecular weight is 263 g/mol. The zero-order chi connectivity index (χ0) is 13.1. The molecule has 6 heteroatoms. The van der Waals surface area contributed by atoms with Gasteiger partial charge < -0.3 is 5.32 Å². The van der Waals surface area contributed by atoms with Crippen molar-refractivity contribution >= 4 is 22.8 Å². The molecule has 0 saturated heterocycles. The van der Waals surface area contributed by atoms with Gasteiger partial charge in [0.25, 0.3) is 0 Å². The van der Waals surface area contributed by atoms with Crippen molar-refractivity contribution in [2.75, 3.05) is 5.32 Å². The summed E-state index contributed by atoms with van der Waals surface area (Å²) >= 11 is 1.60. The monoisotopic (exact) mass is 263 g/mol. The van der Waals surface area contributed by atoms with E-state index in [-0.39, 0.29) is 11.7 Å². The summed E-state index contributed by atoms with van der Waals surface area (Å²) in [5.74, 6) is 0.310. The highest BCUT2D eigenvalue weighted by molar-refractivity contribution is 7.07. The van der Waals surface area contributed by atoms with Gasteiger partial charge in [-0.05, 0) is 41.8 Å². The van der Waals surface area contributed by atoms with Gasteiger partial charge in [-0.25, -0.2) is 4.98 Å². The summed E-state index contributed by atoms with van der Waals surface area (Å²) in [7, 11) is 0. The molecule has 0 radical (unpaired) electrons. The number of thiophene rings is 1. The molecule has 2 aromatic rings. The largest absolute Gasteiger partial charge is 0.358 e. The van der Waals surface area contributed by atoms with E-state index in [1.165, 1.54) is 6.07 Å². The molecule has 94 valence electrons. The number of aryl methyl sites for hydroxylation is 1. The van der Waals surface area contributed by atoms with Crippen LogP contribution in [0.5, 0.6) is 0 Å². The average Bonchev–Trinajstić information content (AvgIpc) is 2.84. The van der Waals surface area contributed by atoms with E-state index in [1.54, 1.807) is 24.5 Å². The summed E-state index contributed by atoms with van der Waals surface area (Å²) in [6.45, 7) is 3.74. The smallest absolute Gasteiger partial charge is 0.311 e. The molecule has 0 aliphatic rings. The van der Waals surface area contributed by atoms with Crippen molar-refractivity contribution in [1.82, 2.24) is 4.98 Å². The maximum absolute atomic E-state index is 11.0. The van der Waals surface area contributed by atoms with Gasteiger partial charge in [0.05, 0.1) is 11.0 Å². The third kappa shape index (κ3) is 2.65. The fourth-order valence-corrected chi connectivity index (χ4v) is 2.37. The third-order valence-corrected chi connectivity index (χ3v) is 3.30. The van der Waals surface area contributed by atoms with E-state index in [2.05, 4.69) is 10.3 Å².